The molecular weight excluding hydrogens is 332 g/mol. The highest BCUT2D eigenvalue weighted by Crippen LogP contribution is 2.15. The molecule has 4 N–H and O–H groups in total. The first-order valence-corrected chi connectivity index (χ1v) is 9.11. The zero-order chi connectivity index (χ0) is 19.8. The number of unbranched alkanes of at least 4 members (excludes halogenated alkanes) is 2. The van der Waals surface area contributed by atoms with Crippen LogP contribution in [0.5, 0.6) is 0 Å². The number of aliphatic hydroxyl groups excluding tert-OH is 2. The van der Waals surface area contributed by atoms with Crippen LogP contribution >= 0.6 is 0 Å². The Morgan fingerprint density at radius 3 is 2.46 bits per heavy atom. The smallest absolute Gasteiger partial charge is 0.303 e. The van der Waals surface area contributed by atoms with Gasteiger partial charge < -0.3 is 20.4 Å². The topological polar surface area (TPSA) is 98.0 Å². The minimum Gasteiger partial charge on any atom is -0.481 e. The number of carboxylic acids is 1. The van der Waals surface area contributed by atoms with Gasteiger partial charge in [0.2, 0.25) is 0 Å². The lowest BCUT2D eigenvalue weighted by atomic mass is 9.98. The Balaban J connectivity index is 4.18. The van der Waals surface area contributed by atoms with Gasteiger partial charge in [-0.1, -0.05) is 56.3 Å². The molecule has 0 radical (unpaired) electrons. The molecule has 0 aromatic heterocycles. The highest BCUT2D eigenvalue weighted by molar-refractivity contribution is 5.66. The van der Waals surface area contributed by atoms with E-state index >= 15 is 0 Å². The van der Waals surface area contributed by atoms with Gasteiger partial charge in [-0.2, -0.15) is 0 Å². The summed E-state index contributed by atoms with van der Waals surface area (Å²) in [5.41, 5.74) is -0.839. The standard InChI is InChI=1S/C21H32O5/c1-3-4-10-16-21(2,26)17-11-8-6-5-7-9-13-18(22)19(23)14-12-15-20(24)25/h5,7,9,11,13,17-19,22-23,26H,3-4,10,12,14-16H2,1-2H3,(H,24,25)/b7-5+,13-9+,17-11+/t18-,19+,21?/m1/s1. The van der Waals surface area contributed by atoms with Crippen LogP contribution in [0, 0.1) is 11.8 Å². The second kappa shape index (κ2) is 14.3. The van der Waals surface area contributed by atoms with Gasteiger partial charge in [0.05, 0.1) is 17.8 Å². The number of carboxylic acid groups (broad SMARTS) is 1. The summed E-state index contributed by atoms with van der Waals surface area (Å²) in [5.74, 6) is 4.67. The summed E-state index contributed by atoms with van der Waals surface area (Å²) in [6.45, 7) is 3.89. The Bertz CT molecular complexity index is 534. The van der Waals surface area contributed by atoms with Gasteiger partial charge in [0.15, 0.2) is 0 Å². The Labute approximate surface area is 156 Å². The molecular formula is C21H32O5. The first-order chi connectivity index (χ1) is 12.3. The molecule has 1 unspecified atom stereocenters. The molecule has 5 heteroatoms. The molecule has 0 rings (SSSR count). The molecule has 0 aliphatic rings. The van der Waals surface area contributed by atoms with Crippen molar-refractivity contribution < 1.29 is 25.2 Å². The highest BCUT2D eigenvalue weighted by Gasteiger charge is 2.14. The average Bonchev–Trinajstić information content (AvgIpc) is 2.56. The molecule has 0 fully saturated rings. The van der Waals surface area contributed by atoms with Gasteiger partial charge in [-0.05, 0) is 44.4 Å². The van der Waals surface area contributed by atoms with Crippen molar-refractivity contribution in [2.45, 2.75) is 76.6 Å². The first-order valence-electron chi connectivity index (χ1n) is 9.11. The largest absolute Gasteiger partial charge is 0.481 e. The van der Waals surface area contributed by atoms with Gasteiger partial charge >= 0.3 is 5.97 Å². The van der Waals surface area contributed by atoms with E-state index in [1.807, 2.05) is 0 Å². The molecule has 0 amide bonds. The third kappa shape index (κ3) is 14.5. The van der Waals surface area contributed by atoms with Gasteiger partial charge in [0, 0.05) is 6.42 Å². The second-order valence-corrected chi connectivity index (χ2v) is 6.52. The molecule has 0 bridgehead atoms. The number of rotatable bonds is 12. The lowest BCUT2D eigenvalue weighted by molar-refractivity contribution is -0.137. The average molecular weight is 364 g/mol. The van der Waals surface area contributed by atoms with Gasteiger partial charge in [0.25, 0.3) is 0 Å². The maximum Gasteiger partial charge on any atom is 0.303 e. The number of allylic oxidation sites excluding steroid dienone is 4. The first kappa shape index (κ1) is 24.1. The molecule has 0 saturated carbocycles. The fourth-order valence-electron chi connectivity index (χ4n) is 2.18. The number of aliphatic hydroxyl groups is 3. The maximum absolute atomic E-state index is 10.4. The van der Waals surface area contributed by atoms with E-state index in [0.717, 1.165) is 19.3 Å². The fraction of sp³-hybridized carbons (Fsp3) is 0.571. The molecule has 0 spiro atoms. The van der Waals surface area contributed by atoms with Crippen molar-refractivity contribution in [3.8, 4) is 11.8 Å². The van der Waals surface area contributed by atoms with E-state index in [4.69, 9.17) is 5.11 Å². The SMILES string of the molecule is CCCCCC(C)(O)/C=C/C#C/C=C/C=C/[C@@H](O)[C@@H](O)CCCC(=O)O. The van der Waals surface area contributed by atoms with Crippen LogP contribution in [0.3, 0.4) is 0 Å². The van der Waals surface area contributed by atoms with Crippen LogP contribution in [0.15, 0.2) is 36.5 Å². The van der Waals surface area contributed by atoms with E-state index in [0.29, 0.717) is 12.8 Å². The molecule has 0 aromatic rings. The second-order valence-electron chi connectivity index (χ2n) is 6.52. The third-order valence-corrected chi connectivity index (χ3v) is 3.78. The molecule has 0 aliphatic carbocycles. The lowest BCUT2D eigenvalue weighted by Crippen LogP contribution is -2.23. The Kier molecular flexibility index (Phi) is 13.3. The van der Waals surface area contributed by atoms with Gasteiger partial charge in [-0.15, -0.1) is 0 Å². The molecule has 3 atom stereocenters. The van der Waals surface area contributed by atoms with E-state index in [-0.39, 0.29) is 12.8 Å². The van der Waals surface area contributed by atoms with E-state index in [1.54, 1.807) is 37.3 Å². The van der Waals surface area contributed by atoms with E-state index in [1.165, 1.54) is 6.08 Å². The van der Waals surface area contributed by atoms with Crippen LogP contribution in [0.4, 0.5) is 0 Å². The Morgan fingerprint density at radius 2 is 1.81 bits per heavy atom. The third-order valence-electron chi connectivity index (χ3n) is 3.78. The Morgan fingerprint density at radius 1 is 1.12 bits per heavy atom. The zero-order valence-corrected chi connectivity index (χ0v) is 15.8. The van der Waals surface area contributed by atoms with E-state index in [9.17, 15) is 20.1 Å². The summed E-state index contributed by atoms with van der Waals surface area (Å²) in [6, 6.07) is 0. The lowest BCUT2D eigenvalue weighted by Gasteiger charge is -2.17. The van der Waals surface area contributed by atoms with Crippen molar-refractivity contribution in [2.75, 3.05) is 0 Å². The molecule has 26 heavy (non-hydrogen) atoms. The zero-order valence-electron chi connectivity index (χ0n) is 15.8. The van der Waals surface area contributed by atoms with Crippen molar-refractivity contribution >= 4 is 5.97 Å². The number of hydrogen-bond donors (Lipinski definition) is 4. The minimum atomic E-state index is -1.04. The van der Waals surface area contributed by atoms with E-state index in [2.05, 4.69) is 18.8 Å². The van der Waals surface area contributed by atoms with Crippen molar-refractivity contribution in [3.05, 3.63) is 36.5 Å². The van der Waals surface area contributed by atoms with Crippen LogP contribution in [-0.2, 0) is 4.79 Å². The van der Waals surface area contributed by atoms with Crippen LogP contribution in [0.1, 0.15) is 58.8 Å². The number of carbonyl (C=O) groups is 1. The molecule has 5 nitrogen and oxygen atoms in total. The number of aliphatic carboxylic acids is 1. The summed E-state index contributed by atoms with van der Waals surface area (Å²) in [5, 5.41) is 38.0. The summed E-state index contributed by atoms with van der Waals surface area (Å²) in [7, 11) is 0. The molecule has 0 aromatic carbocycles. The monoisotopic (exact) mass is 364 g/mol. The Hall–Kier alpha value is -1.87. The predicted molar refractivity (Wildman–Crippen MR) is 103 cm³/mol. The van der Waals surface area contributed by atoms with Gasteiger partial charge in [-0.25, -0.2) is 0 Å². The van der Waals surface area contributed by atoms with Crippen LogP contribution in [0.2, 0.25) is 0 Å². The van der Waals surface area contributed by atoms with Crippen LogP contribution in [-0.4, -0.2) is 44.2 Å². The number of hydrogen-bond acceptors (Lipinski definition) is 4. The maximum atomic E-state index is 10.4. The quantitative estimate of drug-likeness (QED) is 0.242. The predicted octanol–water partition coefficient (Wildman–Crippen LogP) is 2.97. The molecule has 0 saturated heterocycles. The van der Waals surface area contributed by atoms with Crippen LogP contribution < -0.4 is 0 Å². The summed E-state index contributed by atoms with van der Waals surface area (Å²) >= 11 is 0. The van der Waals surface area contributed by atoms with Gasteiger partial charge in [-0.3, -0.25) is 4.79 Å². The molecule has 0 heterocycles. The fourth-order valence-corrected chi connectivity index (χ4v) is 2.18. The highest BCUT2D eigenvalue weighted by atomic mass is 16.4. The summed E-state index contributed by atoms with van der Waals surface area (Å²) in [4.78, 5) is 10.4. The van der Waals surface area contributed by atoms with Crippen molar-refractivity contribution in [2.24, 2.45) is 0 Å². The van der Waals surface area contributed by atoms with E-state index < -0.39 is 23.8 Å². The minimum absolute atomic E-state index is 0.0258. The summed E-state index contributed by atoms with van der Waals surface area (Å²) < 4.78 is 0. The molecule has 0 aliphatic heterocycles. The van der Waals surface area contributed by atoms with Crippen molar-refractivity contribution in [1.82, 2.24) is 0 Å². The summed E-state index contributed by atoms with van der Waals surface area (Å²) in [6.07, 6.45) is 12.0. The van der Waals surface area contributed by atoms with Crippen molar-refractivity contribution in [3.63, 3.8) is 0 Å². The molecule has 146 valence electrons. The van der Waals surface area contributed by atoms with Crippen LogP contribution in [0.25, 0.3) is 0 Å². The van der Waals surface area contributed by atoms with Gasteiger partial charge in [0.1, 0.15) is 0 Å². The van der Waals surface area contributed by atoms with Crippen molar-refractivity contribution in [1.29, 1.82) is 0 Å². The normalized spacial score (nSPS) is 16.5.